The first-order chi connectivity index (χ1) is 16.2. The second kappa shape index (κ2) is 7.83. The summed E-state index contributed by atoms with van der Waals surface area (Å²) in [5, 5.41) is 12.9. The van der Waals surface area contributed by atoms with E-state index in [2.05, 4.69) is 35.3 Å². The van der Waals surface area contributed by atoms with Crippen LogP contribution in [0.15, 0.2) is 35.9 Å². The Morgan fingerprint density at radius 2 is 1.91 bits per heavy atom. The summed E-state index contributed by atoms with van der Waals surface area (Å²) in [6.07, 6.45) is 3.46. The van der Waals surface area contributed by atoms with E-state index in [9.17, 15) is 10.1 Å². The first-order valence-corrected chi connectivity index (χ1v) is 12.2. The SMILES string of the molecule is CCc1cc2c(cc1N1CCNCC1)C1(CCOCC1)C1=C(C2=O)c2ccc(C#N)cc2C1. The number of carbonyl (C=O) groups excluding carboxylic acids is 1. The number of nitrogens with zero attached hydrogens (tertiary/aromatic N) is 2. The molecule has 2 saturated heterocycles. The number of anilines is 1. The van der Waals surface area contributed by atoms with Crippen molar-refractivity contribution in [2.45, 2.75) is 38.0 Å². The van der Waals surface area contributed by atoms with Gasteiger partial charge in [-0.2, -0.15) is 5.26 Å². The number of nitrogens with one attached hydrogen (secondary N) is 1. The smallest absolute Gasteiger partial charge is 0.193 e. The number of Topliss-reactive ketones (excluding diaryl/α,β-unsaturated/α-hetero) is 1. The molecule has 4 aliphatic rings. The monoisotopic (exact) mass is 439 g/mol. The number of ether oxygens (including phenoxy) is 1. The number of hydrogen-bond donors (Lipinski definition) is 1. The van der Waals surface area contributed by atoms with Gasteiger partial charge in [-0.1, -0.05) is 13.0 Å². The van der Waals surface area contributed by atoms with Crippen molar-refractivity contribution >= 4 is 17.0 Å². The van der Waals surface area contributed by atoms with Crippen LogP contribution in [0, 0.1) is 11.3 Å². The van der Waals surface area contributed by atoms with Crippen LogP contribution in [0.4, 0.5) is 5.69 Å². The maximum Gasteiger partial charge on any atom is 0.193 e. The number of carbonyl (C=O) groups is 1. The zero-order valence-corrected chi connectivity index (χ0v) is 19.2. The minimum atomic E-state index is -0.169. The van der Waals surface area contributed by atoms with Crippen LogP contribution in [0.1, 0.15) is 57.9 Å². The predicted octanol–water partition coefficient (Wildman–Crippen LogP) is 3.78. The second-order valence-electron chi connectivity index (χ2n) is 9.65. The molecular weight excluding hydrogens is 410 g/mol. The number of rotatable bonds is 2. The Hall–Kier alpha value is -2.94. The molecule has 0 unspecified atom stereocenters. The maximum atomic E-state index is 14.0. The van der Waals surface area contributed by atoms with E-state index in [1.54, 1.807) is 0 Å². The molecule has 33 heavy (non-hydrogen) atoms. The number of piperazine rings is 1. The summed E-state index contributed by atoms with van der Waals surface area (Å²) in [6, 6.07) is 12.6. The van der Waals surface area contributed by atoms with Gasteiger partial charge in [0.25, 0.3) is 0 Å². The lowest BCUT2D eigenvalue weighted by Crippen LogP contribution is -2.45. The molecule has 0 saturated carbocycles. The Labute approximate surface area is 195 Å². The van der Waals surface area contributed by atoms with Crippen molar-refractivity contribution in [1.29, 1.82) is 5.26 Å². The number of nitriles is 1. The number of benzene rings is 2. The van der Waals surface area contributed by atoms with Crippen molar-refractivity contribution in [3.8, 4) is 6.07 Å². The van der Waals surface area contributed by atoms with Crippen LogP contribution in [0.25, 0.3) is 5.57 Å². The van der Waals surface area contributed by atoms with Gasteiger partial charge in [-0.15, -0.1) is 0 Å². The van der Waals surface area contributed by atoms with E-state index >= 15 is 0 Å². The summed E-state index contributed by atoms with van der Waals surface area (Å²) in [6.45, 7) is 7.57. The predicted molar refractivity (Wildman–Crippen MR) is 129 cm³/mol. The Bertz CT molecular complexity index is 1220. The highest BCUT2D eigenvalue weighted by Gasteiger charge is 2.49. The van der Waals surface area contributed by atoms with Gasteiger partial charge in [0.2, 0.25) is 0 Å². The van der Waals surface area contributed by atoms with Gasteiger partial charge in [0, 0.05) is 61.6 Å². The molecule has 2 aliphatic carbocycles. The highest BCUT2D eigenvalue weighted by Crippen LogP contribution is 2.55. The van der Waals surface area contributed by atoms with Crippen LogP contribution in [0.5, 0.6) is 0 Å². The average Bonchev–Trinajstić information content (AvgIpc) is 3.27. The normalized spacial score (nSPS) is 21.0. The Morgan fingerprint density at radius 3 is 2.64 bits per heavy atom. The topological polar surface area (TPSA) is 65.4 Å². The van der Waals surface area contributed by atoms with Crippen molar-refractivity contribution in [2.24, 2.45) is 0 Å². The van der Waals surface area contributed by atoms with Gasteiger partial charge < -0.3 is 15.0 Å². The van der Waals surface area contributed by atoms with Crippen molar-refractivity contribution < 1.29 is 9.53 Å². The summed E-state index contributed by atoms with van der Waals surface area (Å²) in [7, 11) is 0. The second-order valence-corrected chi connectivity index (χ2v) is 9.65. The van der Waals surface area contributed by atoms with Crippen LogP contribution in [0.2, 0.25) is 0 Å². The van der Waals surface area contributed by atoms with E-state index in [0.717, 1.165) is 74.1 Å². The van der Waals surface area contributed by atoms with Crippen molar-refractivity contribution in [1.82, 2.24) is 5.32 Å². The molecule has 168 valence electrons. The molecule has 2 aromatic rings. The number of fused-ring (bicyclic) bond motifs is 5. The Kier molecular flexibility index (Phi) is 4.90. The Morgan fingerprint density at radius 1 is 1.12 bits per heavy atom. The van der Waals surface area contributed by atoms with Crippen molar-refractivity contribution in [2.75, 3.05) is 44.3 Å². The summed E-state index contributed by atoms with van der Waals surface area (Å²) in [5.41, 5.74) is 9.41. The third kappa shape index (κ3) is 3.01. The molecule has 5 heteroatoms. The third-order valence-corrected chi connectivity index (χ3v) is 8.14. The quantitative estimate of drug-likeness (QED) is 0.771. The minimum Gasteiger partial charge on any atom is -0.381 e. The molecule has 2 aromatic carbocycles. The van der Waals surface area contributed by atoms with E-state index in [0.29, 0.717) is 18.8 Å². The van der Waals surface area contributed by atoms with E-state index < -0.39 is 0 Å². The summed E-state index contributed by atoms with van der Waals surface area (Å²) in [4.78, 5) is 16.5. The van der Waals surface area contributed by atoms with Crippen LogP contribution < -0.4 is 10.2 Å². The zero-order valence-electron chi connectivity index (χ0n) is 19.2. The largest absolute Gasteiger partial charge is 0.381 e. The molecule has 1 spiro atoms. The fourth-order valence-electron chi connectivity index (χ4n) is 6.45. The van der Waals surface area contributed by atoms with Gasteiger partial charge in [-0.25, -0.2) is 0 Å². The number of allylic oxidation sites excluding steroid dienone is 2. The lowest BCUT2D eigenvalue weighted by Gasteiger charge is -2.44. The van der Waals surface area contributed by atoms with Crippen LogP contribution in [-0.2, 0) is 23.0 Å². The lowest BCUT2D eigenvalue weighted by molar-refractivity contribution is 0.0603. The lowest BCUT2D eigenvalue weighted by atomic mass is 9.62. The molecule has 0 atom stereocenters. The first kappa shape index (κ1) is 20.7. The number of hydrogen-bond acceptors (Lipinski definition) is 5. The molecule has 0 aromatic heterocycles. The first-order valence-electron chi connectivity index (χ1n) is 12.2. The Balaban J connectivity index is 1.56. The minimum absolute atomic E-state index is 0.155. The van der Waals surface area contributed by atoms with E-state index in [-0.39, 0.29) is 11.2 Å². The van der Waals surface area contributed by atoms with Crippen LogP contribution in [-0.4, -0.2) is 45.2 Å². The third-order valence-electron chi connectivity index (χ3n) is 8.14. The van der Waals surface area contributed by atoms with Crippen molar-refractivity contribution in [3.05, 3.63) is 69.3 Å². The van der Waals surface area contributed by atoms with Gasteiger partial charge in [0.15, 0.2) is 5.78 Å². The van der Waals surface area contributed by atoms with Gasteiger partial charge >= 0.3 is 0 Å². The van der Waals surface area contributed by atoms with Crippen molar-refractivity contribution in [3.63, 3.8) is 0 Å². The molecule has 0 bridgehead atoms. The van der Waals surface area contributed by atoms with Crippen LogP contribution >= 0.6 is 0 Å². The highest BCUT2D eigenvalue weighted by molar-refractivity contribution is 6.33. The molecule has 0 radical (unpaired) electrons. The fourth-order valence-corrected chi connectivity index (χ4v) is 6.45. The molecule has 1 N–H and O–H groups in total. The average molecular weight is 440 g/mol. The van der Waals surface area contributed by atoms with Gasteiger partial charge in [-0.3, -0.25) is 4.79 Å². The van der Waals surface area contributed by atoms with Crippen LogP contribution in [0.3, 0.4) is 0 Å². The molecule has 0 amide bonds. The highest BCUT2D eigenvalue weighted by atomic mass is 16.5. The number of ketones is 1. The van der Waals surface area contributed by atoms with Gasteiger partial charge in [0.05, 0.1) is 11.6 Å². The fraction of sp³-hybridized carbons (Fsp3) is 0.429. The van der Waals surface area contributed by atoms with E-state index in [1.165, 1.54) is 22.4 Å². The molecule has 2 heterocycles. The number of aryl methyl sites for hydroxylation is 1. The summed E-state index contributed by atoms with van der Waals surface area (Å²) < 4.78 is 5.82. The standard InChI is InChI=1S/C28H29N3O2/c1-2-19-14-22-23(16-25(19)31-9-7-30-8-10-31)28(5-11-33-12-6-28)24-15-20-13-18(17-29)3-4-21(20)26(24)27(22)32/h3-4,13-14,16,30H,2,5-12,15H2,1H3. The molecule has 2 fully saturated rings. The molecule has 2 aliphatic heterocycles. The summed E-state index contributed by atoms with van der Waals surface area (Å²) in [5.74, 6) is 0.155. The molecular formula is C28H29N3O2. The zero-order chi connectivity index (χ0) is 22.6. The molecule has 5 nitrogen and oxygen atoms in total. The molecule has 6 rings (SSSR count). The summed E-state index contributed by atoms with van der Waals surface area (Å²) >= 11 is 0. The van der Waals surface area contributed by atoms with Gasteiger partial charge in [0.1, 0.15) is 0 Å². The van der Waals surface area contributed by atoms with Gasteiger partial charge in [-0.05, 0) is 77.8 Å². The van der Waals surface area contributed by atoms with E-state index in [4.69, 9.17) is 4.74 Å². The maximum absolute atomic E-state index is 14.0. The van der Waals surface area contributed by atoms with E-state index in [1.807, 2.05) is 18.2 Å².